The fourth-order valence-corrected chi connectivity index (χ4v) is 2.92. The van der Waals surface area contributed by atoms with Crippen molar-refractivity contribution in [3.05, 3.63) is 48.0 Å². The molecule has 0 saturated carbocycles. The normalized spacial score (nSPS) is 39.8. The van der Waals surface area contributed by atoms with E-state index in [2.05, 4.69) is 0 Å². The minimum absolute atomic E-state index is 0.00779. The van der Waals surface area contributed by atoms with Crippen LogP contribution in [-0.4, -0.2) is 47.9 Å². The molecule has 4 rings (SSSR count). The highest BCUT2D eigenvalue weighted by molar-refractivity contribution is 5.99. The van der Waals surface area contributed by atoms with Gasteiger partial charge in [0.25, 0.3) is 0 Å². The molecule has 1 aromatic carbocycles. The van der Waals surface area contributed by atoms with Crippen molar-refractivity contribution in [1.82, 2.24) is 0 Å². The molecule has 2 unspecified atom stereocenters. The second kappa shape index (κ2) is 5.26. The molecule has 116 valence electrons. The van der Waals surface area contributed by atoms with Crippen molar-refractivity contribution < 1.29 is 28.8 Å². The van der Waals surface area contributed by atoms with Gasteiger partial charge in [-0.05, 0) is 17.7 Å². The van der Waals surface area contributed by atoms with Crippen molar-refractivity contribution in [1.29, 1.82) is 0 Å². The number of epoxide rings is 1. The summed E-state index contributed by atoms with van der Waals surface area (Å²) in [6.07, 6.45) is 0.196. The van der Waals surface area contributed by atoms with Crippen molar-refractivity contribution in [2.24, 2.45) is 0 Å². The molecule has 0 amide bonds. The van der Waals surface area contributed by atoms with E-state index < -0.39 is 24.3 Å². The number of hydrogen-bond acceptors (Lipinski definition) is 6. The van der Waals surface area contributed by atoms with Gasteiger partial charge in [-0.1, -0.05) is 30.3 Å². The summed E-state index contributed by atoms with van der Waals surface area (Å²) in [7, 11) is 0. The Balaban J connectivity index is 1.41. The predicted octanol–water partition coefficient (Wildman–Crippen LogP) is 0.540. The highest BCUT2D eigenvalue weighted by Gasteiger charge is 2.67. The van der Waals surface area contributed by atoms with E-state index in [1.54, 1.807) is 0 Å². The van der Waals surface area contributed by atoms with Gasteiger partial charge in [0, 0.05) is 0 Å². The molecular weight excluding hydrogens is 288 g/mol. The number of carbonyl (C=O) groups excluding carboxylic acids is 1. The molecule has 2 saturated heterocycles. The smallest absolute Gasteiger partial charge is 0.192 e. The summed E-state index contributed by atoms with van der Waals surface area (Å²) in [5, 5.41) is 9.60. The number of aliphatic hydroxyl groups is 1. The van der Waals surface area contributed by atoms with Crippen molar-refractivity contribution >= 4 is 5.78 Å². The van der Waals surface area contributed by atoms with Crippen molar-refractivity contribution in [3.8, 4) is 0 Å². The Morgan fingerprint density at radius 2 is 2.14 bits per heavy atom. The lowest BCUT2D eigenvalue weighted by atomic mass is 9.89. The van der Waals surface area contributed by atoms with E-state index in [4.69, 9.17) is 18.9 Å². The van der Waals surface area contributed by atoms with E-state index in [9.17, 15) is 9.90 Å². The Morgan fingerprint density at radius 3 is 2.95 bits per heavy atom. The zero-order valence-corrected chi connectivity index (χ0v) is 11.8. The van der Waals surface area contributed by atoms with E-state index in [0.717, 1.165) is 5.56 Å². The summed E-state index contributed by atoms with van der Waals surface area (Å²) in [5.74, 6) is -0.244. The van der Waals surface area contributed by atoms with Crippen LogP contribution in [0.2, 0.25) is 0 Å². The Hall–Kier alpha value is -1.57. The first kappa shape index (κ1) is 14.0. The van der Waals surface area contributed by atoms with Crippen LogP contribution in [0.1, 0.15) is 5.56 Å². The highest BCUT2D eigenvalue weighted by atomic mass is 16.8. The van der Waals surface area contributed by atoms with Crippen LogP contribution < -0.4 is 0 Å². The molecule has 0 aliphatic carbocycles. The van der Waals surface area contributed by atoms with Gasteiger partial charge in [-0.15, -0.1) is 0 Å². The summed E-state index contributed by atoms with van der Waals surface area (Å²) >= 11 is 0. The second-order valence-corrected chi connectivity index (χ2v) is 5.62. The van der Waals surface area contributed by atoms with Crippen LogP contribution in [0.15, 0.2) is 42.5 Å². The maximum absolute atomic E-state index is 12.1. The van der Waals surface area contributed by atoms with Crippen LogP contribution in [0.4, 0.5) is 0 Å². The molecule has 22 heavy (non-hydrogen) atoms. The van der Waals surface area contributed by atoms with Crippen LogP contribution in [0.25, 0.3) is 0 Å². The topological polar surface area (TPSA) is 77.5 Å². The number of ether oxygens (including phenoxy) is 4. The molecule has 6 heteroatoms. The van der Waals surface area contributed by atoms with E-state index in [-0.39, 0.29) is 18.5 Å². The maximum atomic E-state index is 12.1. The number of benzene rings is 1. The van der Waals surface area contributed by atoms with Gasteiger partial charge in [0.15, 0.2) is 24.0 Å². The van der Waals surface area contributed by atoms with Gasteiger partial charge in [-0.25, -0.2) is 0 Å². The molecule has 0 bridgehead atoms. The van der Waals surface area contributed by atoms with E-state index in [0.29, 0.717) is 6.61 Å². The summed E-state index contributed by atoms with van der Waals surface area (Å²) in [6.45, 7) is 0.413. The van der Waals surface area contributed by atoms with Crippen molar-refractivity contribution in [2.45, 2.75) is 37.0 Å². The lowest BCUT2D eigenvalue weighted by Gasteiger charge is -2.37. The van der Waals surface area contributed by atoms with E-state index in [1.165, 1.54) is 12.2 Å². The molecule has 5 atom stereocenters. The molecule has 2 fully saturated rings. The van der Waals surface area contributed by atoms with Crippen LogP contribution in [0.3, 0.4) is 0 Å². The van der Waals surface area contributed by atoms with E-state index in [1.807, 2.05) is 30.3 Å². The van der Waals surface area contributed by atoms with Crippen molar-refractivity contribution in [2.75, 3.05) is 6.61 Å². The quantitative estimate of drug-likeness (QED) is 0.821. The fourth-order valence-electron chi connectivity index (χ4n) is 2.92. The van der Waals surface area contributed by atoms with Crippen LogP contribution in [-0.2, 0) is 30.3 Å². The Labute approximate surface area is 127 Å². The lowest BCUT2D eigenvalue weighted by molar-refractivity contribution is -0.239. The van der Waals surface area contributed by atoms with Crippen LogP contribution in [0.5, 0.6) is 0 Å². The summed E-state index contributed by atoms with van der Waals surface area (Å²) in [4.78, 5) is 12.1. The Bertz CT molecular complexity index is 600. The van der Waals surface area contributed by atoms with Gasteiger partial charge in [0.2, 0.25) is 0 Å². The number of carbonyl (C=O) groups is 1. The molecule has 3 heterocycles. The zero-order valence-electron chi connectivity index (χ0n) is 11.8. The molecule has 3 aliphatic heterocycles. The van der Waals surface area contributed by atoms with Gasteiger partial charge in [0.05, 0.1) is 13.2 Å². The number of rotatable bonds is 3. The number of hydrogen-bond donors (Lipinski definition) is 1. The number of ketones is 1. The molecule has 1 spiro atoms. The number of aliphatic hydroxyl groups excluding tert-OH is 1. The summed E-state index contributed by atoms with van der Waals surface area (Å²) < 4.78 is 22.3. The van der Waals surface area contributed by atoms with Gasteiger partial charge in [0.1, 0.15) is 12.2 Å². The first-order valence-corrected chi connectivity index (χ1v) is 7.20. The lowest BCUT2D eigenvalue weighted by Crippen LogP contribution is -2.58. The average Bonchev–Trinajstić information content (AvgIpc) is 3.33. The van der Waals surface area contributed by atoms with Gasteiger partial charge in [-0.2, -0.15) is 0 Å². The monoisotopic (exact) mass is 304 g/mol. The van der Waals surface area contributed by atoms with Gasteiger partial charge in [-0.3, -0.25) is 4.79 Å². The molecule has 0 radical (unpaired) electrons. The van der Waals surface area contributed by atoms with Crippen LogP contribution in [0, 0.1) is 0 Å². The highest BCUT2D eigenvalue weighted by Crippen LogP contribution is 2.45. The zero-order chi connectivity index (χ0) is 15.2. The first-order valence-electron chi connectivity index (χ1n) is 7.20. The number of fused-ring (bicyclic) bond motifs is 2. The minimum atomic E-state index is -1.24. The third-order valence-electron chi connectivity index (χ3n) is 4.13. The Morgan fingerprint density at radius 1 is 1.32 bits per heavy atom. The average molecular weight is 304 g/mol. The van der Waals surface area contributed by atoms with Crippen LogP contribution >= 0.6 is 0 Å². The molecule has 3 aliphatic rings. The molecule has 1 aromatic rings. The largest absolute Gasteiger partial charge is 0.365 e. The third-order valence-corrected chi connectivity index (χ3v) is 4.13. The van der Waals surface area contributed by atoms with Gasteiger partial charge >= 0.3 is 0 Å². The fraction of sp³-hybridized carbons (Fsp3) is 0.438. The standard InChI is InChI=1S/C16H16O6/c17-11-6-7-12(18)22-16(11)9-20-15(13-14(16)21-13)19-8-10-4-2-1-3-5-10/h1-7,12-15,18H,8-9H2/t12?,13-,14+,15-,16?/m0/s1. The first-order chi connectivity index (χ1) is 10.7. The predicted molar refractivity (Wildman–Crippen MR) is 73.6 cm³/mol. The summed E-state index contributed by atoms with van der Waals surface area (Å²) in [5.41, 5.74) is -0.210. The SMILES string of the molecule is O=C1C=CC(O)OC12CO[C@H](OCc1ccccc1)[C@H]1O[C@H]12. The third kappa shape index (κ3) is 2.29. The molecule has 1 N–H and O–H groups in total. The summed E-state index contributed by atoms with van der Waals surface area (Å²) in [6, 6.07) is 9.74. The molecular formula is C16H16O6. The van der Waals surface area contributed by atoms with E-state index >= 15 is 0 Å². The maximum Gasteiger partial charge on any atom is 0.192 e. The Kier molecular flexibility index (Phi) is 3.36. The minimum Gasteiger partial charge on any atom is -0.365 e. The van der Waals surface area contributed by atoms with Crippen molar-refractivity contribution in [3.63, 3.8) is 0 Å². The second-order valence-electron chi connectivity index (χ2n) is 5.62. The van der Waals surface area contributed by atoms with Gasteiger partial charge < -0.3 is 24.1 Å². The molecule has 0 aromatic heterocycles. The molecule has 6 nitrogen and oxygen atoms in total.